The lowest BCUT2D eigenvalue weighted by Gasteiger charge is -2.08. The monoisotopic (exact) mass is 335 g/mol. The van der Waals surface area contributed by atoms with Gasteiger partial charge in [0.05, 0.1) is 11.4 Å². The molecule has 0 aliphatic carbocycles. The van der Waals surface area contributed by atoms with Crippen molar-refractivity contribution in [3.05, 3.63) is 46.8 Å². The highest BCUT2D eigenvalue weighted by Crippen LogP contribution is 2.18. The third-order valence-corrected chi connectivity index (χ3v) is 3.88. The van der Waals surface area contributed by atoms with E-state index < -0.39 is 11.6 Å². The van der Waals surface area contributed by atoms with Crippen LogP contribution >= 0.6 is 0 Å². The van der Waals surface area contributed by atoms with Crippen molar-refractivity contribution in [1.29, 1.82) is 0 Å². The summed E-state index contributed by atoms with van der Waals surface area (Å²) in [6.45, 7) is 9.01. The van der Waals surface area contributed by atoms with Gasteiger partial charge in [0.15, 0.2) is 0 Å². The summed E-state index contributed by atoms with van der Waals surface area (Å²) < 4.78 is 28.4. The van der Waals surface area contributed by atoms with Gasteiger partial charge in [0.2, 0.25) is 5.91 Å². The van der Waals surface area contributed by atoms with Crippen LogP contribution in [0.4, 0.5) is 14.5 Å². The molecule has 1 N–H and O–H groups in total. The first kappa shape index (κ1) is 18.1. The molecule has 2 aromatic rings. The van der Waals surface area contributed by atoms with Gasteiger partial charge in [-0.1, -0.05) is 13.8 Å². The maximum absolute atomic E-state index is 13.6. The van der Waals surface area contributed by atoms with Crippen LogP contribution in [0, 0.1) is 31.4 Å². The Kier molecular flexibility index (Phi) is 5.70. The molecule has 1 aromatic carbocycles. The Morgan fingerprint density at radius 1 is 1.29 bits per heavy atom. The summed E-state index contributed by atoms with van der Waals surface area (Å²) in [4.78, 5) is 12.0. The minimum absolute atomic E-state index is 0.00894. The molecule has 0 radical (unpaired) electrons. The second-order valence-electron chi connectivity index (χ2n) is 6.40. The van der Waals surface area contributed by atoms with E-state index in [1.54, 1.807) is 0 Å². The number of rotatable bonds is 6. The number of hydrogen-bond donors (Lipinski definition) is 1. The van der Waals surface area contributed by atoms with Crippen molar-refractivity contribution >= 4 is 11.6 Å². The number of anilines is 1. The van der Waals surface area contributed by atoms with Crippen molar-refractivity contribution in [2.45, 2.75) is 47.1 Å². The highest BCUT2D eigenvalue weighted by molar-refractivity contribution is 5.90. The van der Waals surface area contributed by atoms with Gasteiger partial charge in [-0.3, -0.25) is 9.48 Å². The van der Waals surface area contributed by atoms with Crippen LogP contribution in [0.3, 0.4) is 0 Å². The fraction of sp³-hybridized carbons (Fsp3) is 0.444. The number of halogens is 2. The van der Waals surface area contributed by atoms with E-state index in [1.807, 2.05) is 18.5 Å². The molecule has 4 nitrogen and oxygen atoms in total. The number of hydrogen-bond acceptors (Lipinski definition) is 2. The van der Waals surface area contributed by atoms with Crippen LogP contribution in [-0.4, -0.2) is 15.7 Å². The summed E-state index contributed by atoms with van der Waals surface area (Å²) in [7, 11) is 0. The lowest BCUT2D eigenvalue weighted by atomic mass is 10.1. The molecule has 0 unspecified atom stereocenters. The van der Waals surface area contributed by atoms with Crippen molar-refractivity contribution in [2.24, 2.45) is 5.92 Å². The van der Waals surface area contributed by atoms with Crippen LogP contribution in [0.15, 0.2) is 18.2 Å². The zero-order chi connectivity index (χ0) is 17.9. The number of benzene rings is 1. The first-order chi connectivity index (χ1) is 11.3. The zero-order valence-corrected chi connectivity index (χ0v) is 14.5. The number of carbonyl (C=O) groups excluding carboxylic acids is 1. The average molecular weight is 335 g/mol. The predicted molar refractivity (Wildman–Crippen MR) is 89.8 cm³/mol. The topological polar surface area (TPSA) is 46.9 Å². The largest absolute Gasteiger partial charge is 0.324 e. The average Bonchev–Trinajstić information content (AvgIpc) is 2.74. The quantitative estimate of drug-likeness (QED) is 0.867. The van der Waals surface area contributed by atoms with Gasteiger partial charge in [0, 0.05) is 24.7 Å². The number of nitrogens with one attached hydrogen (secondary N) is 1. The van der Waals surface area contributed by atoms with Crippen LogP contribution in [0.25, 0.3) is 0 Å². The lowest BCUT2D eigenvalue weighted by molar-refractivity contribution is -0.116. The van der Waals surface area contributed by atoms with Crippen LogP contribution in [0.2, 0.25) is 0 Å². The zero-order valence-electron chi connectivity index (χ0n) is 14.5. The molecule has 0 aliphatic heterocycles. The highest BCUT2D eigenvalue weighted by atomic mass is 19.1. The molecule has 0 aliphatic rings. The Morgan fingerprint density at radius 3 is 2.62 bits per heavy atom. The summed E-state index contributed by atoms with van der Waals surface area (Å²) >= 11 is 0. The summed E-state index contributed by atoms with van der Waals surface area (Å²) in [5.41, 5.74) is 3.01. The molecule has 1 heterocycles. The van der Waals surface area contributed by atoms with Gasteiger partial charge < -0.3 is 5.32 Å². The molecule has 130 valence electrons. The molecule has 0 fully saturated rings. The molecule has 0 atom stereocenters. The van der Waals surface area contributed by atoms with E-state index in [2.05, 4.69) is 24.3 Å². The van der Waals surface area contributed by atoms with Gasteiger partial charge in [-0.2, -0.15) is 5.10 Å². The molecular formula is C18H23F2N3O. The predicted octanol–water partition coefficient (Wildman–Crippen LogP) is 4.01. The fourth-order valence-corrected chi connectivity index (χ4v) is 2.66. The Morgan fingerprint density at radius 2 is 2.00 bits per heavy atom. The molecule has 24 heavy (non-hydrogen) atoms. The van der Waals surface area contributed by atoms with E-state index in [0.717, 1.165) is 35.6 Å². The van der Waals surface area contributed by atoms with Crippen LogP contribution in [0.5, 0.6) is 0 Å². The summed E-state index contributed by atoms with van der Waals surface area (Å²) in [5, 5.41) is 7.00. The van der Waals surface area contributed by atoms with Crippen LogP contribution in [-0.2, 0) is 17.8 Å². The smallest absolute Gasteiger partial charge is 0.224 e. The molecule has 0 bridgehead atoms. The summed E-state index contributed by atoms with van der Waals surface area (Å²) in [6, 6.07) is 3.09. The SMILES string of the molecule is Cc1nn(CC(C)C)c(C)c1CCC(=O)Nc1ccc(F)cc1F. The van der Waals surface area contributed by atoms with Crippen molar-refractivity contribution in [3.63, 3.8) is 0 Å². The highest BCUT2D eigenvalue weighted by Gasteiger charge is 2.14. The van der Waals surface area contributed by atoms with Crippen LogP contribution < -0.4 is 5.32 Å². The molecule has 1 aromatic heterocycles. The second kappa shape index (κ2) is 7.55. The summed E-state index contributed by atoms with van der Waals surface area (Å²) in [6.07, 6.45) is 0.746. The van der Waals surface area contributed by atoms with Crippen LogP contribution in [0.1, 0.15) is 37.2 Å². The minimum Gasteiger partial charge on any atom is -0.324 e. The van der Waals surface area contributed by atoms with Crippen molar-refractivity contribution in [1.82, 2.24) is 9.78 Å². The van der Waals surface area contributed by atoms with Gasteiger partial charge >= 0.3 is 0 Å². The Labute approximate surface area is 140 Å². The van der Waals surface area contributed by atoms with Crippen molar-refractivity contribution < 1.29 is 13.6 Å². The molecule has 6 heteroatoms. The second-order valence-corrected chi connectivity index (χ2v) is 6.40. The first-order valence-electron chi connectivity index (χ1n) is 8.05. The Bertz CT molecular complexity index is 738. The number of aromatic nitrogens is 2. The first-order valence-corrected chi connectivity index (χ1v) is 8.05. The molecule has 0 spiro atoms. The number of aryl methyl sites for hydroxylation is 1. The Hall–Kier alpha value is -2.24. The van der Waals surface area contributed by atoms with Crippen molar-refractivity contribution in [2.75, 3.05) is 5.32 Å². The number of carbonyl (C=O) groups is 1. The lowest BCUT2D eigenvalue weighted by Crippen LogP contribution is -2.14. The molecule has 0 saturated heterocycles. The van der Waals surface area contributed by atoms with Gasteiger partial charge in [-0.25, -0.2) is 8.78 Å². The minimum atomic E-state index is -0.777. The summed E-state index contributed by atoms with van der Waals surface area (Å²) in [5.74, 6) is -1.27. The van der Waals surface area contributed by atoms with E-state index in [9.17, 15) is 13.6 Å². The maximum Gasteiger partial charge on any atom is 0.224 e. The standard InChI is InChI=1S/C18H23F2N3O/c1-11(2)10-23-13(4)15(12(3)22-23)6-8-18(24)21-17-7-5-14(19)9-16(17)20/h5,7,9,11H,6,8,10H2,1-4H3,(H,21,24). The van der Waals surface area contributed by atoms with Gasteiger partial charge in [0.1, 0.15) is 11.6 Å². The molecule has 2 rings (SSSR count). The van der Waals surface area contributed by atoms with Gasteiger partial charge in [-0.05, 0) is 43.9 Å². The molecular weight excluding hydrogens is 312 g/mol. The molecule has 1 amide bonds. The van der Waals surface area contributed by atoms with Gasteiger partial charge in [0.25, 0.3) is 0 Å². The number of nitrogens with zero attached hydrogens (tertiary/aromatic N) is 2. The molecule has 0 saturated carbocycles. The normalized spacial score (nSPS) is 11.1. The number of amides is 1. The van der Waals surface area contributed by atoms with Gasteiger partial charge in [-0.15, -0.1) is 0 Å². The van der Waals surface area contributed by atoms with E-state index in [0.29, 0.717) is 12.3 Å². The third-order valence-electron chi connectivity index (χ3n) is 3.88. The van der Waals surface area contributed by atoms with E-state index in [-0.39, 0.29) is 18.0 Å². The van der Waals surface area contributed by atoms with E-state index >= 15 is 0 Å². The fourth-order valence-electron chi connectivity index (χ4n) is 2.66. The van der Waals surface area contributed by atoms with E-state index in [4.69, 9.17) is 0 Å². The van der Waals surface area contributed by atoms with E-state index in [1.165, 1.54) is 6.07 Å². The maximum atomic E-state index is 13.6. The third kappa shape index (κ3) is 4.40. The van der Waals surface area contributed by atoms with Crippen molar-refractivity contribution in [3.8, 4) is 0 Å². The Balaban J connectivity index is 2.00.